The maximum absolute atomic E-state index is 11.5. The minimum absolute atomic E-state index is 0.0110. The molecule has 0 radical (unpaired) electrons. The summed E-state index contributed by atoms with van der Waals surface area (Å²) in [5.74, 6) is 0.0527. The molecule has 1 aliphatic heterocycles. The Kier molecular flexibility index (Phi) is 10.3. The number of nitrogens with zero attached hydrogens (tertiary/aromatic N) is 2. The minimum Gasteiger partial charge on any atom is -0.392 e. The molecular weight excluding hydrogens is 538 g/mol. The number of ether oxygens (including phenoxy) is 2. The molecule has 7 heteroatoms. The minimum atomic E-state index is -0.531. The Morgan fingerprint density at radius 2 is 1.65 bits per heavy atom. The Hall–Kier alpha value is -3.88. The molecule has 0 unspecified atom stereocenters. The second kappa shape index (κ2) is 14.5. The highest BCUT2D eigenvalue weighted by molar-refractivity contribution is 5.74. The second-order valence-corrected chi connectivity index (χ2v) is 11.3. The number of pyridine rings is 1. The fourth-order valence-corrected chi connectivity index (χ4v) is 5.57. The van der Waals surface area contributed by atoms with Gasteiger partial charge in [-0.25, -0.2) is 0 Å². The van der Waals surface area contributed by atoms with Crippen LogP contribution in [0.2, 0.25) is 0 Å². The number of nitrogens with one attached hydrogen (secondary N) is 1. The summed E-state index contributed by atoms with van der Waals surface area (Å²) < 4.78 is 13.3. The van der Waals surface area contributed by atoms with Gasteiger partial charge in [-0.15, -0.1) is 0 Å². The van der Waals surface area contributed by atoms with Gasteiger partial charge in [0.05, 0.1) is 18.8 Å². The topological polar surface area (TPSA) is 83.9 Å². The largest absolute Gasteiger partial charge is 0.392 e. The van der Waals surface area contributed by atoms with Crippen LogP contribution in [0.1, 0.15) is 54.2 Å². The molecule has 4 aromatic rings. The van der Waals surface area contributed by atoms with Crippen molar-refractivity contribution in [3.8, 4) is 11.1 Å². The van der Waals surface area contributed by atoms with Crippen LogP contribution < -0.4 is 5.32 Å². The average Bonchev–Trinajstić information content (AvgIpc) is 3.04. The first-order valence-electron chi connectivity index (χ1n) is 14.9. The molecule has 0 saturated carbocycles. The molecule has 1 aromatic heterocycles. The summed E-state index contributed by atoms with van der Waals surface area (Å²) in [6.07, 6.45) is 1.95. The predicted molar refractivity (Wildman–Crippen MR) is 168 cm³/mol. The number of amides is 1. The van der Waals surface area contributed by atoms with Gasteiger partial charge < -0.3 is 24.8 Å². The number of benzene rings is 3. The number of aromatic nitrogens is 1. The van der Waals surface area contributed by atoms with Crippen LogP contribution in [-0.4, -0.2) is 47.1 Å². The summed E-state index contributed by atoms with van der Waals surface area (Å²) in [6.45, 7) is 5.84. The lowest BCUT2D eigenvalue weighted by Gasteiger charge is -2.42. The fourth-order valence-electron chi connectivity index (χ4n) is 5.57. The lowest BCUT2D eigenvalue weighted by Crippen LogP contribution is -2.43. The Bertz CT molecular complexity index is 1460. The van der Waals surface area contributed by atoms with Gasteiger partial charge in [0.1, 0.15) is 0 Å². The van der Waals surface area contributed by atoms with Gasteiger partial charge >= 0.3 is 0 Å². The van der Waals surface area contributed by atoms with Crippen LogP contribution in [0.3, 0.4) is 0 Å². The monoisotopic (exact) mass is 579 g/mol. The van der Waals surface area contributed by atoms with Gasteiger partial charge in [0.15, 0.2) is 6.29 Å². The maximum atomic E-state index is 11.5. The van der Waals surface area contributed by atoms with Crippen LogP contribution in [0.25, 0.3) is 11.1 Å². The van der Waals surface area contributed by atoms with Crippen molar-refractivity contribution >= 4 is 5.91 Å². The Morgan fingerprint density at radius 1 is 0.930 bits per heavy atom. The number of hydrogen-bond acceptors (Lipinski definition) is 6. The normalized spacial score (nSPS) is 20.2. The van der Waals surface area contributed by atoms with E-state index in [0.717, 1.165) is 58.6 Å². The average molecular weight is 580 g/mol. The van der Waals surface area contributed by atoms with E-state index in [4.69, 9.17) is 9.47 Å². The molecule has 1 aliphatic rings. The summed E-state index contributed by atoms with van der Waals surface area (Å²) in [4.78, 5) is 18.3. The van der Waals surface area contributed by atoms with E-state index < -0.39 is 6.29 Å². The molecule has 1 fully saturated rings. The number of aliphatic hydroxyl groups excluding tert-OH is 1. The third kappa shape index (κ3) is 7.94. The third-order valence-corrected chi connectivity index (χ3v) is 8.13. The third-order valence-electron chi connectivity index (χ3n) is 8.13. The molecule has 2 heterocycles. The summed E-state index contributed by atoms with van der Waals surface area (Å²) in [6, 6.07) is 30.5. The number of likely N-dealkylation sites (N-methyl/N-ethyl adjacent to an activating group) is 1. The molecule has 1 amide bonds. The molecule has 0 spiro atoms. The standard InChI is InChI=1S/C36H41N3O4/c1-25-34(23-39(3)21-19-32-9-6-7-20-37-32)42-36(43-35(25)29-13-11-27(24-40)12-14-29)30-17-15-28(16-18-30)33-10-5-4-8-31(33)22-38-26(2)41/h4-18,20,25,34-36,40H,19,21-24H2,1-3H3,(H,38,41)/t25-,34+,35+,36+/m1/s1. The smallest absolute Gasteiger partial charge is 0.217 e. The molecule has 7 nitrogen and oxygen atoms in total. The van der Waals surface area contributed by atoms with Crippen molar-refractivity contribution in [2.75, 3.05) is 20.1 Å². The molecule has 1 saturated heterocycles. The zero-order chi connectivity index (χ0) is 30.2. The van der Waals surface area contributed by atoms with Crippen molar-refractivity contribution in [1.82, 2.24) is 15.2 Å². The van der Waals surface area contributed by atoms with Gasteiger partial charge in [0.25, 0.3) is 0 Å². The Labute approximate surface area is 254 Å². The van der Waals surface area contributed by atoms with Crippen molar-refractivity contribution in [3.05, 3.63) is 125 Å². The first-order chi connectivity index (χ1) is 20.9. The lowest BCUT2D eigenvalue weighted by molar-refractivity contribution is -0.275. The van der Waals surface area contributed by atoms with Gasteiger partial charge in [-0.05, 0) is 47.0 Å². The number of hydrogen-bond donors (Lipinski definition) is 2. The van der Waals surface area contributed by atoms with Crippen molar-refractivity contribution < 1.29 is 19.4 Å². The zero-order valence-electron chi connectivity index (χ0n) is 25.1. The van der Waals surface area contributed by atoms with E-state index in [2.05, 4.69) is 65.6 Å². The van der Waals surface area contributed by atoms with E-state index in [1.54, 1.807) is 0 Å². The van der Waals surface area contributed by atoms with Crippen LogP contribution in [0.5, 0.6) is 0 Å². The SMILES string of the molecule is CC(=O)NCc1ccccc1-c1ccc([C@H]2O[C@@H](CN(C)CCc3ccccn3)[C@@H](C)[C@@H](c3ccc(CO)cc3)O2)cc1. The van der Waals surface area contributed by atoms with E-state index in [0.29, 0.717) is 6.54 Å². The molecular formula is C36H41N3O4. The van der Waals surface area contributed by atoms with E-state index in [1.807, 2.05) is 60.8 Å². The van der Waals surface area contributed by atoms with Crippen molar-refractivity contribution in [2.24, 2.45) is 5.92 Å². The molecule has 5 rings (SSSR count). The van der Waals surface area contributed by atoms with E-state index in [9.17, 15) is 9.90 Å². The van der Waals surface area contributed by atoms with Gasteiger partial charge in [-0.3, -0.25) is 9.78 Å². The van der Waals surface area contributed by atoms with Crippen LogP contribution in [0.15, 0.2) is 97.2 Å². The highest BCUT2D eigenvalue weighted by Gasteiger charge is 2.38. The summed E-state index contributed by atoms with van der Waals surface area (Å²) >= 11 is 0. The second-order valence-electron chi connectivity index (χ2n) is 11.3. The number of carbonyl (C=O) groups excluding carboxylic acids is 1. The molecule has 224 valence electrons. The summed E-state index contributed by atoms with van der Waals surface area (Å²) in [5, 5.41) is 12.5. The predicted octanol–water partition coefficient (Wildman–Crippen LogP) is 5.84. The first-order valence-corrected chi connectivity index (χ1v) is 14.9. The van der Waals surface area contributed by atoms with Gasteiger partial charge in [0.2, 0.25) is 5.91 Å². The van der Waals surface area contributed by atoms with Crippen molar-refractivity contribution in [1.29, 1.82) is 0 Å². The molecule has 0 bridgehead atoms. The molecule has 3 aromatic carbocycles. The van der Waals surface area contributed by atoms with E-state index in [1.165, 1.54) is 6.92 Å². The zero-order valence-corrected chi connectivity index (χ0v) is 25.1. The van der Waals surface area contributed by atoms with E-state index >= 15 is 0 Å². The quantitative estimate of drug-likeness (QED) is 0.232. The Morgan fingerprint density at radius 3 is 2.35 bits per heavy atom. The lowest BCUT2D eigenvalue weighted by atomic mass is 9.90. The first kappa shape index (κ1) is 30.6. The number of carbonyl (C=O) groups is 1. The maximum Gasteiger partial charge on any atom is 0.217 e. The summed E-state index contributed by atoms with van der Waals surface area (Å²) in [5.41, 5.74) is 7.18. The van der Waals surface area contributed by atoms with Crippen LogP contribution >= 0.6 is 0 Å². The summed E-state index contributed by atoms with van der Waals surface area (Å²) in [7, 11) is 2.13. The van der Waals surface area contributed by atoms with E-state index in [-0.39, 0.29) is 30.6 Å². The Balaban J connectivity index is 1.36. The van der Waals surface area contributed by atoms with Gasteiger partial charge in [-0.1, -0.05) is 85.8 Å². The van der Waals surface area contributed by atoms with Crippen LogP contribution in [-0.2, 0) is 33.8 Å². The van der Waals surface area contributed by atoms with Crippen molar-refractivity contribution in [2.45, 2.75) is 51.9 Å². The number of rotatable bonds is 11. The molecule has 2 N–H and O–H groups in total. The van der Waals surface area contributed by atoms with Gasteiger partial charge in [0, 0.05) is 56.4 Å². The van der Waals surface area contributed by atoms with Crippen LogP contribution in [0.4, 0.5) is 0 Å². The van der Waals surface area contributed by atoms with Crippen molar-refractivity contribution in [3.63, 3.8) is 0 Å². The van der Waals surface area contributed by atoms with Crippen LogP contribution in [0, 0.1) is 5.92 Å². The molecule has 0 aliphatic carbocycles. The number of aliphatic hydroxyl groups is 1. The fraction of sp³-hybridized carbons (Fsp3) is 0.333. The molecule has 4 atom stereocenters. The highest BCUT2D eigenvalue weighted by Crippen LogP contribution is 2.42. The van der Waals surface area contributed by atoms with Gasteiger partial charge in [-0.2, -0.15) is 0 Å². The highest BCUT2D eigenvalue weighted by atomic mass is 16.7. The molecule has 43 heavy (non-hydrogen) atoms.